The third kappa shape index (κ3) is 4.04. The van der Waals surface area contributed by atoms with Crippen LogP contribution in [0.3, 0.4) is 0 Å². The van der Waals surface area contributed by atoms with E-state index in [0.717, 1.165) is 23.5 Å². The van der Waals surface area contributed by atoms with Crippen LogP contribution in [0.1, 0.15) is 50.6 Å². The van der Waals surface area contributed by atoms with E-state index in [2.05, 4.69) is 4.98 Å². The molecule has 3 heterocycles. The molecule has 9 heteroatoms. The number of aromatic nitrogens is 3. The molecule has 1 fully saturated rings. The van der Waals surface area contributed by atoms with Crippen LogP contribution in [0.4, 0.5) is 4.39 Å². The van der Waals surface area contributed by atoms with Gasteiger partial charge in [-0.25, -0.2) is 9.37 Å². The highest BCUT2D eigenvalue weighted by molar-refractivity contribution is 7.07. The Labute approximate surface area is 189 Å². The molecule has 7 nitrogen and oxygen atoms in total. The maximum atomic E-state index is 14.2. The van der Waals surface area contributed by atoms with Crippen molar-refractivity contribution in [3.63, 3.8) is 0 Å². The van der Waals surface area contributed by atoms with E-state index in [4.69, 9.17) is 5.10 Å². The van der Waals surface area contributed by atoms with E-state index in [1.807, 2.05) is 10.1 Å². The van der Waals surface area contributed by atoms with E-state index >= 15 is 0 Å². The Hall–Kier alpha value is -3.07. The van der Waals surface area contributed by atoms with Gasteiger partial charge in [0, 0.05) is 43.2 Å². The van der Waals surface area contributed by atoms with Crippen molar-refractivity contribution in [1.82, 2.24) is 24.6 Å². The van der Waals surface area contributed by atoms with Crippen LogP contribution in [0.15, 0.2) is 35.2 Å². The van der Waals surface area contributed by atoms with Crippen LogP contribution < -0.4 is 0 Å². The molecule has 0 N–H and O–H groups in total. The predicted octanol–water partition coefficient (Wildman–Crippen LogP) is 3.36. The van der Waals surface area contributed by atoms with Gasteiger partial charge in [-0.3, -0.25) is 14.3 Å². The lowest BCUT2D eigenvalue weighted by atomic mass is 10.0. The van der Waals surface area contributed by atoms with Crippen molar-refractivity contribution in [3.05, 3.63) is 69.2 Å². The summed E-state index contributed by atoms with van der Waals surface area (Å²) in [6.45, 7) is 1.91. The van der Waals surface area contributed by atoms with Crippen LogP contribution in [0.25, 0.3) is 0 Å². The van der Waals surface area contributed by atoms with Gasteiger partial charge >= 0.3 is 0 Å². The largest absolute Gasteiger partial charge is 0.334 e. The van der Waals surface area contributed by atoms with Crippen LogP contribution >= 0.6 is 11.3 Å². The van der Waals surface area contributed by atoms with Crippen LogP contribution in [0, 0.1) is 11.7 Å². The fraction of sp³-hybridized carbons (Fsp3) is 0.391. The Bertz CT molecular complexity index is 1160. The zero-order valence-corrected chi connectivity index (χ0v) is 18.6. The Morgan fingerprint density at radius 3 is 2.81 bits per heavy atom. The van der Waals surface area contributed by atoms with Gasteiger partial charge in [-0.05, 0) is 30.9 Å². The van der Waals surface area contributed by atoms with Crippen LogP contribution in [0.2, 0.25) is 0 Å². The van der Waals surface area contributed by atoms with Crippen LogP contribution in [0.5, 0.6) is 0 Å². The summed E-state index contributed by atoms with van der Waals surface area (Å²) in [7, 11) is 1.74. The number of halogens is 1. The third-order valence-electron chi connectivity index (χ3n) is 6.09. The highest BCUT2D eigenvalue weighted by Gasteiger charge is 2.34. The Morgan fingerprint density at radius 1 is 1.28 bits per heavy atom. The van der Waals surface area contributed by atoms with Crippen molar-refractivity contribution < 1.29 is 14.0 Å². The maximum absolute atomic E-state index is 14.2. The molecular weight excluding hydrogens is 429 g/mol. The lowest BCUT2D eigenvalue weighted by Crippen LogP contribution is -2.37. The number of amides is 2. The highest BCUT2D eigenvalue weighted by Crippen LogP contribution is 2.33. The molecule has 2 amide bonds. The quantitative estimate of drug-likeness (QED) is 0.574. The van der Waals surface area contributed by atoms with Crippen molar-refractivity contribution in [2.75, 3.05) is 13.6 Å². The highest BCUT2D eigenvalue weighted by atomic mass is 32.1. The first-order valence-corrected chi connectivity index (χ1v) is 11.7. The van der Waals surface area contributed by atoms with Crippen molar-refractivity contribution in [2.24, 2.45) is 5.92 Å². The van der Waals surface area contributed by atoms with E-state index < -0.39 is 5.82 Å². The van der Waals surface area contributed by atoms with Gasteiger partial charge in [0.2, 0.25) is 0 Å². The number of carbonyl (C=O) groups is 2. The van der Waals surface area contributed by atoms with Crippen molar-refractivity contribution in [1.29, 1.82) is 0 Å². The normalized spacial score (nSPS) is 15.5. The molecular formula is C23H24FN5O2S. The summed E-state index contributed by atoms with van der Waals surface area (Å²) < 4.78 is 16.2. The summed E-state index contributed by atoms with van der Waals surface area (Å²) in [4.78, 5) is 33.8. The van der Waals surface area contributed by atoms with E-state index in [0.29, 0.717) is 31.1 Å². The molecule has 0 unspecified atom stereocenters. The fourth-order valence-corrected chi connectivity index (χ4v) is 4.70. The molecule has 32 heavy (non-hydrogen) atoms. The van der Waals surface area contributed by atoms with E-state index in [1.54, 1.807) is 34.5 Å². The van der Waals surface area contributed by atoms with Gasteiger partial charge in [-0.1, -0.05) is 12.1 Å². The molecule has 1 aliphatic carbocycles. The van der Waals surface area contributed by atoms with Crippen molar-refractivity contribution in [3.8, 4) is 0 Å². The van der Waals surface area contributed by atoms with Gasteiger partial charge in [-0.15, -0.1) is 11.3 Å². The fourth-order valence-electron chi connectivity index (χ4n) is 4.15. The lowest BCUT2D eigenvalue weighted by molar-refractivity contribution is 0.0717. The standard InChI is InChI=1S/C23H24FN5O2S/c1-27(11-16-13-32-14-25-16)23(31)21-18-12-28(22(30)17-4-2-3-5-19(17)24)9-8-20(18)29(26-21)10-15-6-7-15/h2-5,13-15H,6-12H2,1H3. The second-order valence-corrected chi connectivity index (χ2v) is 9.22. The SMILES string of the molecule is CN(Cc1cscn1)C(=O)c1nn(CC2CC2)c2c1CN(C(=O)c1ccccc1F)CC2. The zero-order chi connectivity index (χ0) is 22.2. The number of thiazole rings is 1. The number of benzene rings is 1. The number of rotatable bonds is 6. The second-order valence-electron chi connectivity index (χ2n) is 8.50. The molecule has 1 aromatic carbocycles. The average molecular weight is 454 g/mol. The number of carbonyl (C=O) groups excluding carboxylic acids is 2. The molecule has 2 aliphatic rings. The van der Waals surface area contributed by atoms with Crippen molar-refractivity contribution >= 4 is 23.2 Å². The minimum absolute atomic E-state index is 0.0508. The molecule has 5 rings (SSSR count). The van der Waals surface area contributed by atoms with Crippen LogP contribution in [-0.4, -0.2) is 50.0 Å². The third-order valence-corrected chi connectivity index (χ3v) is 6.72. The molecule has 0 saturated heterocycles. The summed E-state index contributed by atoms with van der Waals surface area (Å²) in [5.74, 6) is -0.485. The smallest absolute Gasteiger partial charge is 0.274 e. The van der Waals surface area contributed by atoms with E-state index in [-0.39, 0.29) is 23.9 Å². The molecule has 0 bridgehead atoms. The first-order valence-electron chi connectivity index (χ1n) is 10.8. The van der Waals surface area contributed by atoms with E-state index in [1.165, 1.54) is 36.3 Å². The predicted molar refractivity (Wildman–Crippen MR) is 118 cm³/mol. The molecule has 0 spiro atoms. The van der Waals surface area contributed by atoms with Gasteiger partial charge in [0.15, 0.2) is 5.69 Å². The van der Waals surface area contributed by atoms with Gasteiger partial charge in [-0.2, -0.15) is 5.10 Å². The van der Waals surface area contributed by atoms with Crippen molar-refractivity contribution in [2.45, 2.75) is 38.9 Å². The van der Waals surface area contributed by atoms with E-state index in [9.17, 15) is 14.0 Å². The first-order chi connectivity index (χ1) is 15.5. The summed E-state index contributed by atoms with van der Waals surface area (Å²) in [5, 5.41) is 6.62. The summed E-state index contributed by atoms with van der Waals surface area (Å²) in [5.41, 5.74) is 4.79. The minimum Gasteiger partial charge on any atom is -0.334 e. The Kier molecular flexibility index (Phi) is 5.50. The molecule has 0 atom stereocenters. The minimum atomic E-state index is -0.535. The van der Waals surface area contributed by atoms with Gasteiger partial charge in [0.25, 0.3) is 11.8 Å². The van der Waals surface area contributed by atoms with Gasteiger partial charge < -0.3 is 9.80 Å². The second kappa shape index (κ2) is 8.46. The monoisotopic (exact) mass is 453 g/mol. The molecule has 0 radical (unpaired) electrons. The summed E-state index contributed by atoms with van der Waals surface area (Å²) in [6.07, 6.45) is 2.96. The molecule has 3 aromatic rings. The number of nitrogens with zero attached hydrogens (tertiary/aromatic N) is 5. The summed E-state index contributed by atoms with van der Waals surface area (Å²) in [6, 6.07) is 6.01. The number of fused-ring (bicyclic) bond motifs is 1. The molecule has 1 saturated carbocycles. The first kappa shape index (κ1) is 20.8. The Morgan fingerprint density at radius 2 is 2.09 bits per heavy atom. The Balaban J connectivity index is 1.43. The average Bonchev–Trinajstić information content (AvgIpc) is 3.33. The topological polar surface area (TPSA) is 71.3 Å². The number of hydrogen-bond donors (Lipinski definition) is 0. The van der Waals surface area contributed by atoms with Gasteiger partial charge in [0.05, 0.1) is 29.9 Å². The lowest BCUT2D eigenvalue weighted by Gasteiger charge is -2.28. The number of hydrogen-bond acceptors (Lipinski definition) is 5. The molecule has 1 aliphatic heterocycles. The summed E-state index contributed by atoms with van der Waals surface area (Å²) >= 11 is 1.49. The van der Waals surface area contributed by atoms with Gasteiger partial charge in [0.1, 0.15) is 5.82 Å². The molecule has 2 aromatic heterocycles. The maximum Gasteiger partial charge on any atom is 0.274 e. The zero-order valence-electron chi connectivity index (χ0n) is 17.8. The van der Waals surface area contributed by atoms with Crippen LogP contribution in [-0.2, 0) is 26.1 Å². The molecule has 166 valence electrons.